The van der Waals surface area contributed by atoms with Gasteiger partial charge in [0.25, 0.3) is 0 Å². The van der Waals surface area contributed by atoms with Crippen molar-refractivity contribution in [2.75, 3.05) is 6.61 Å². The molecule has 94 valence electrons. The van der Waals surface area contributed by atoms with Gasteiger partial charge < -0.3 is 9.84 Å². The Morgan fingerprint density at radius 1 is 1.53 bits per heavy atom. The second-order valence-corrected chi connectivity index (χ2v) is 4.64. The van der Waals surface area contributed by atoms with Crippen LogP contribution in [0.1, 0.15) is 43.0 Å². The van der Waals surface area contributed by atoms with Crippen LogP contribution in [0, 0.1) is 0 Å². The lowest BCUT2D eigenvalue weighted by molar-refractivity contribution is 0.0422. The summed E-state index contributed by atoms with van der Waals surface area (Å²) in [6.45, 7) is 3.09. The smallest absolute Gasteiger partial charge is 0.0855 e. The largest absolute Gasteiger partial charge is 0.390 e. The third-order valence-corrected chi connectivity index (χ3v) is 3.41. The van der Waals surface area contributed by atoms with Crippen LogP contribution in [-0.4, -0.2) is 22.8 Å². The Labute approximate surface area is 103 Å². The summed E-state index contributed by atoms with van der Waals surface area (Å²) in [4.78, 5) is 4.22. The van der Waals surface area contributed by atoms with Gasteiger partial charge in [0.05, 0.1) is 18.4 Å². The molecule has 0 radical (unpaired) electrons. The number of hydrogen-bond donors (Lipinski definition) is 1. The molecule has 1 unspecified atom stereocenters. The molecule has 0 amide bonds. The Bertz CT molecular complexity index is 365. The van der Waals surface area contributed by atoms with Gasteiger partial charge in [-0.15, -0.1) is 0 Å². The van der Waals surface area contributed by atoms with Gasteiger partial charge in [-0.25, -0.2) is 0 Å². The minimum Gasteiger partial charge on any atom is -0.390 e. The maximum absolute atomic E-state index is 9.24. The molecule has 1 aliphatic rings. The number of aliphatic hydroxyl groups is 1. The van der Waals surface area contributed by atoms with Gasteiger partial charge in [0.2, 0.25) is 0 Å². The summed E-state index contributed by atoms with van der Waals surface area (Å²) in [5.74, 6) is 0. The van der Waals surface area contributed by atoms with Gasteiger partial charge in [-0.2, -0.15) is 0 Å². The molecule has 1 N–H and O–H groups in total. The van der Waals surface area contributed by atoms with Gasteiger partial charge in [-0.1, -0.05) is 13.3 Å². The molecule has 1 aliphatic carbocycles. The average molecular weight is 235 g/mol. The van der Waals surface area contributed by atoms with E-state index in [4.69, 9.17) is 4.74 Å². The number of aliphatic hydroxyl groups excluding tert-OH is 1. The van der Waals surface area contributed by atoms with Crippen LogP contribution >= 0.6 is 0 Å². The Morgan fingerprint density at radius 3 is 3.18 bits per heavy atom. The highest BCUT2D eigenvalue weighted by atomic mass is 16.5. The molecule has 3 heteroatoms. The summed E-state index contributed by atoms with van der Waals surface area (Å²) in [5, 5.41) is 9.24. The van der Waals surface area contributed by atoms with Crippen LogP contribution in [0.4, 0.5) is 0 Å². The van der Waals surface area contributed by atoms with Crippen molar-refractivity contribution in [1.29, 1.82) is 0 Å². The van der Waals surface area contributed by atoms with Gasteiger partial charge in [0.15, 0.2) is 0 Å². The van der Waals surface area contributed by atoms with Crippen LogP contribution in [0.5, 0.6) is 0 Å². The minimum absolute atomic E-state index is 0.0462. The van der Waals surface area contributed by atoms with E-state index in [0.717, 1.165) is 38.0 Å². The molecule has 1 atom stereocenters. The zero-order valence-electron chi connectivity index (χ0n) is 10.5. The first-order valence-corrected chi connectivity index (χ1v) is 6.53. The lowest BCUT2D eigenvalue weighted by Crippen LogP contribution is -2.24. The Hall–Kier alpha value is -0.930. The number of unbranched alkanes of at least 4 members (excludes halogenated alkanes) is 1. The minimum atomic E-state index is 0.0462. The number of aromatic nitrogens is 1. The van der Waals surface area contributed by atoms with Gasteiger partial charge >= 0.3 is 0 Å². The molecule has 0 fully saturated rings. The number of hydrogen-bond acceptors (Lipinski definition) is 3. The van der Waals surface area contributed by atoms with E-state index in [9.17, 15) is 5.11 Å². The number of fused-ring (bicyclic) bond motifs is 1. The Kier molecular flexibility index (Phi) is 4.51. The van der Waals surface area contributed by atoms with Gasteiger partial charge in [0.1, 0.15) is 0 Å². The van der Waals surface area contributed by atoms with Crippen molar-refractivity contribution < 1.29 is 9.84 Å². The van der Waals surface area contributed by atoms with Crippen molar-refractivity contribution in [2.24, 2.45) is 0 Å². The van der Waals surface area contributed by atoms with Crippen LogP contribution in [0.2, 0.25) is 0 Å². The molecule has 0 aliphatic heterocycles. The summed E-state index contributed by atoms with van der Waals surface area (Å²) in [5.41, 5.74) is 3.39. The summed E-state index contributed by atoms with van der Waals surface area (Å²) < 4.78 is 5.87. The first-order valence-electron chi connectivity index (χ1n) is 6.53. The average Bonchev–Trinajstić information content (AvgIpc) is 2.38. The fourth-order valence-corrected chi connectivity index (χ4v) is 2.40. The van der Waals surface area contributed by atoms with E-state index in [1.807, 2.05) is 0 Å². The molecule has 1 heterocycles. The quantitative estimate of drug-likeness (QED) is 0.796. The number of pyridine rings is 1. The first-order chi connectivity index (χ1) is 8.35. The normalized spacial score (nSPS) is 19.1. The molecule has 1 aromatic heterocycles. The van der Waals surface area contributed by atoms with E-state index in [1.165, 1.54) is 17.5 Å². The topological polar surface area (TPSA) is 42.4 Å². The van der Waals surface area contributed by atoms with Crippen LogP contribution < -0.4 is 0 Å². The molecular weight excluding hydrogens is 214 g/mol. The van der Waals surface area contributed by atoms with E-state index < -0.39 is 0 Å². The maximum Gasteiger partial charge on any atom is 0.0855 e. The molecule has 2 rings (SSSR count). The van der Waals surface area contributed by atoms with Crippen molar-refractivity contribution in [1.82, 2.24) is 4.98 Å². The van der Waals surface area contributed by atoms with Crippen LogP contribution in [0.15, 0.2) is 12.3 Å². The summed E-state index contributed by atoms with van der Waals surface area (Å²) in [6, 6.07) is 2.06. The van der Waals surface area contributed by atoms with E-state index in [1.54, 1.807) is 6.20 Å². The molecule has 1 aromatic rings. The van der Waals surface area contributed by atoms with E-state index in [0.29, 0.717) is 6.10 Å². The highest BCUT2D eigenvalue weighted by molar-refractivity contribution is 5.32. The number of ether oxygens (including phenoxy) is 1. The van der Waals surface area contributed by atoms with E-state index in [2.05, 4.69) is 18.0 Å². The SMILES string of the molecule is CCCCOC1CCc2c(ccnc2CO)C1. The first kappa shape index (κ1) is 12.5. The maximum atomic E-state index is 9.24. The zero-order chi connectivity index (χ0) is 12.1. The van der Waals surface area contributed by atoms with Crippen molar-refractivity contribution in [2.45, 2.75) is 51.7 Å². The lowest BCUT2D eigenvalue weighted by Gasteiger charge is -2.25. The molecule has 0 saturated carbocycles. The van der Waals surface area contributed by atoms with Gasteiger partial charge in [0, 0.05) is 12.8 Å². The predicted molar refractivity (Wildman–Crippen MR) is 66.8 cm³/mol. The second kappa shape index (κ2) is 6.12. The summed E-state index contributed by atoms with van der Waals surface area (Å²) in [7, 11) is 0. The monoisotopic (exact) mass is 235 g/mol. The molecule has 0 spiro atoms. The third kappa shape index (κ3) is 3.05. The second-order valence-electron chi connectivity index (χ2n) is 4.64. The van der Waals surface area contributed by atoms with Gasteiger partial charge in [-0.05, 0) is 42.9 Å². The van der Waals surface area contributed by atoms with Crippen LogP contribution in [0.25, 0.3) is 0 Å². The summed E-state index contributed by atoms with van der Waals surface area (Å²) >= 11 is 0. The predicted octanol–water partition coefficient (Wildman–Crippen LogP) is 2.25. The summed E-state index contributed by atoms with van der Waals surface area (Å²) in [6.07, 6.45) is 7.46. The van der Waals surface area contributed by atoms with Gasteiger partial charge in [-0.3, -0.25) is 4.98 Å². The van der Waals surface area contributed by atoms with E-state index >= 15 is 0 Å². The fourth-order valence-electron chi connectivity index (χ4n) is 2.40. The van der Waals surface area contributed by atoms with Crippen molar-refractivity contribution in [3.05, 3.63) is 29.1 Å². The molecular formula is C14H21NO2. The third-order valence-electron chi connectivity index (χ3n) is 3.41. The highest BCUT2D eigenvalue weighted by Gasteiger charge is 2.21. The fraction of sp³-hybridized carbons (Fsp3) is 0.643. The molecule has 17 heavy (non-hydrogen) atoms. The number of nitrogens with zero attached hydrogens (tertiary/aromatic N) is 1. The van der Waals surface area contributed by atoms with E-state index in [-0.39, 0.29) is 6.61 Å². The molecule has 0 aromatic carbocycles. The Balaban J connectivity index is 1.99. The highest BCUT2D eigenvalue weighted by Crippen LogP contribution is 2.25. The molecule has 3 nitrogen and oxygen atoms in total. The number of rotatable bonds is 5. The molecule has 0 saturated heterocycles. The standard InChI is InChI=1S/C14H21NO2/c1-2-3-8-17-12-4-5-13-11(9-12)6-7-15-14(13)10-16/h6-7,12,16H,2-5,8-10H2,1H3. The molecule has 0 bridgehead atoms. The zero-order valence-corrected chi connectivity index (χ0v) is 10.5. The van der Waals surface area contributed by atoms with Crippen molar-refractivity contribution in [3.8, 4) is 0 Å². The lowest BCUT2D eigenvalue weighted by atomic mass is 9.89. The Morgan fingerprint density at radius 2 is 2.41 bits per heavy atom. The van der Waals surface area contributed by atoms with Crippen molar-refractivity contribution in [3.63, 3.8) is 0 Å². The van der Waals surface area contributed by atoms with Crippen LogP contribution in [0.3, 0.4) is 0 Å². The van der Waals surface area contributed by atoms with Crippen LogP contribution in [-0.2, 0) is 24.2 Å². The van der Waals surface area contributed by atoms with Crippen molar-refractivity contribution >= 4 is 0 Å².